The van der Waals surface area contributed by atoms with E-state index in [1.165, 1.54) is 30.5 Å². The topological polar surface area (TPSA) is 101 Å². The number of nitrogens with zero attached hydrogens (tertiary/aromatic N) is 4. The zero-order valence-corrected chi connectivity index (χ0v) is 21.2. The van der Waals surface area contributed by atoms with Crippen molar-refractivity contribution in [3.8, 4) is 23.3 Å². The number of aromatic nitrogens is 2. The lowest BCUT2D eigenvalue weighted by molar-refractivity contribution is -0.389. The van der Waals surface area contributed by atoms with Crippen LogP contribution >= 0.6 is 11.6 Å². The Balaban J connectivity index is 1.09. The third-order valence-electron chi connectivity index (χ3n) is 6.38. The van der Waals surface area contributed by atoms with Crippen molar-refractivity contribution in [1.29, 1.82) is 0 Å². The minimum atomic E-state index is -4.73. The van der Waals surface area contributed by atoms with Gasteiger partial charge in [0.05, 0.1) is 10.7 Å². The third kappa shape index (κ3) is 6.77. The molecule has 1 aromatic heterocycles. The number of fused-ring (bicyclic) bond motifs is 1. The molecule has 1 atom stereocenters. The van der Waals surface area contributed by atoms with Crippen molar-refractivity contribution in [3.05, 3.63) is 63.8 Å². The van der Waals surface area contributed by atoms with Crippen molar-refractivity contribution in [2.45, 2.75) is 44.4 Å². The second-order valence-electron chi connectivity index (χ2n) is 9.11. The Morgan fingerprint density at radius 2 is 1.74 bits per heavy atom. The summed E-state index contributed by atoms with van der Waals surface area (Å²) in [6, 6.07) is 11.0. The average molecular weight is 569 g/mol. The molecule has 2 aromatic carbocycles. The van der Waals surface area contributed by atoms with Gasteiger partial charge in [-0.3, -0.25) is 4.57 Å². The van der Waals surface area contributed by atoms with E-state index in [1.54, 1.807) is 10.6 Å². The van der Waals surface area contributed by atoms with Gasteiger partial charge in [0.25, 0.3) is 0 Å². The predicted molar refractivity (Wildman–Crippen MR) is 134 cm³/mol. The lowest BCUT2D eigenvalue weighted by Crippen LogP contribution is -2.38. The first-order valence-corrected chi connectivity index (χ1v) is 12.6. The van der Waals surface area contributed by atoms with Crippen molar-refractivity contribution in [2.24, 2.45) is 0 Å². The van der Waals surface area contributed by atoms with E-state index < -0.39 is 11.3 Å². The molecule has 1 unspecified atom stereocenters. The molecular formula is C25H24ClF3N4O6. The van der Waals surface area contributed by atoms with E-state index in [2.05, 4.69) is 14.6 Å². The number of ether oxygens (including phenoxy) is 4. The Hall–Kier alpha value is -3.87. The first-order valence-electron chi connectivity index (χ1n) is 12.2. The van der Waals surface area contributed by atoms with E-state index in [0.29, 0.717) is 55.4 Å². The molecule has 2 aliphatic heterocycles. The normalized spacial score (nSPS) is 17.7. The number of benzene rings is 2. The van der Waals surface area contributed by atoms with Crippen LogP contribution in [0.3, 0.4) is 0 Å². The minimum absolute atomic E-state index is 0.0791. The number of aryl methyl sites for hydroxylation is 1. The number of imidazole rings is 1. The van der Waals surface area contributed by atoms with Crippen molar-refractivity contribution >= 4 is 23.1 Å². The number of rotatable bonds is 8. The van der Waals surface area contributed by atoms with E-state index in [4.69, 9.17) is 25.8 Å². The summed E-state index contributed by atoms with van der Waals surface area (Å²) in [7, 11) is 0. The lowest BCUT2D eigenvalue weighted by Gasteiger charge is -2.34. The summed E-state index contributed by atoms with van der Waals surface area (Å²) >= 11 is 6.56. The summed E-state index contributed by atoms with van der Waals surface area (Å²) in [6.45, 7) is 2.16. The predicted octanol–water partition coefficient (Wildman–Crippen LogP) is 5.62. The molecule has 0 radical (unpaired) electrons. The van der Waals surface area contributed by atoms with E-state index in [1.807, 2.05) is 12.1 Å². The van der Waals surface area contributed by atoms with Crippen LogP contribution in [0.5, 0.6) is 23.3 Å². The third-order valence-corrected chi connectivity index (χ3v) is 6.68. The number of piperidine rings is 1. The van der Waals surface area contributed by atoms with Crippen LogP contribution in [0.15, 0.2) is 48.7 Å². The molecular weight excluding hydrogens is 545 g/mol. The van der Waals surface area contributed by atoms with Crippen LogP contribution in [0.1, 0.15) is 19.3 Å². The molecule has 0 bridgehead atoms. The maximum absolute atomic E-state index is 12.3. The number of hydrogen-bond donors (Lipinski definition) is 0. The van der Waals surface area contributed by atoms with Gasteiger partial charge in [-0.15, -0.1) is 13.2 Å². The average Bonchev–Trinajstić information content (AvgIpc) is 3.33. The lowest BCUT2D eigenvalue weighted by atomic mass is 10.1. The SMILES string of the molecule is O=[N+]([O-])c1cn2c(n1)OC(COc1ccc(N3CCC(Oc4ccc(OC(F)(F)F)cc4)CC3)c(Cl)c1)CC2. The molecule has 0 amide bonds. The molecule has 0 N–H and O–H groups in total. The molecule has 0 spiro atoms. The maximum atomic E-state index is 12.3. The summed E-state index contributed by atoms with van der Waals surface area (Å²) in [5.74, 6) is 0.504. The fraction of sp³-hybridized carbons (Fsp3) is 0.400. The van der Waals surface area contributed by atoms with E-state index in [9.17, 15) is 23.3 Å². The molecule has 2 aliphatic rings. The van der Waals surface area contributed by atoms with Gasteiger partial charge in [-0.1, -0.05) is 11.6 Å². The van der Waals surface area contributed by atoms with Crippen molar-refractivity contribution in [3.63, 3.8) is 0 Å². The van der Waals surface area contributed by atoms with Crippen LogP contribution in [-0.4, -0.2) is 52.7 Å². The van der Waals surface area contributed by atoms with Crippen LogP contribution < -0.4 is 23.8 Å². The highest BCUT2D eigenvalue weighted by Crippen LogP contribution is 2.33. The smallest absolute Gasteiger partial charge is 0.490 e. The summed E-state index contributed by atoms with van der Waals surface area (Å²) in [5.41, 5.74) is 0.861. The van der Waals surface area contributed by atoms with Gasteiger partial charge < -0.3 is 34.0 Å². The molecule has 5 rings (SSSR count). The maximum Gasteiger partial charge on any atom is 0.573 e. The van der Waals surface area contributed by atoms with Crippen LogP contribution in [0.4, 0.5) is 24.7 Å². The van der Waals surface area contributed by atoms with E-state index in [0.717, 1.165) is 5.69 Å². The van der Waals surface area contributed by atoms with E-state index in [-0.39, 0.29) is 36.4 Å². The number of anilines is 1. The Morgan fingerprint density at radius 3 is 2.41 bits per heavy atom. The summed E-state index contributed by atoms with van der Waals surface area (Å²) in [4.78, 5) is 16.4. The van der Waals surface area contributed by atoms with Crippen LogP contribution in [0.25, 0.3) is 0 Å². The molecule has 39 heavy (non-hydrogen) atoms. The molecule has 1 fully saturated rings. The Kier molecular flexibility index (Phi) is 7.60. The van der Waals surface area contributed by atoms with Crippen molar-refractivity contribution < 1.29 is 37.0 Å². The van der Waals surface area contributed by atoms with Gasteiger partial charge in [0.1, 0.15) is 42.3 Å². The number of alkyl halides is 3. The van der Waals surface area contributed by atoms with Gasteiger partial charge in [-0.25, -0.2) is 0 Å². The quantitative estimate of drug-likeness (QED) is 0.255. The van der Waals surface area contributed by atoms with Crippen LogP contribution in [-0.2, 0) is 6.54 Å². The monoisotopic (exact) mass is 568 g/mol. The van der Waals surface area contributed by atoms with Gasteiger partial charge in [-0.05, 0) is 41.3 Å². The second kappa shape index (κ2) is 11.1. The van der Waals surface area contributed by atoms with E-state index >= 15 is 0 Å². The van der Waals surface area contributed by atoms with Crippen LogP contribution in [0, 0.1) is 10.1 Å². The second-order valence-corrected chi connectivity index (χ2v) is 9.52. The first kappa shape index (κ1) is 26.7. The Morgan fingerprint density at radius 1 is 1.05 bits per heavy atom. The van der Waals surface area contributed by atoms with Crippen molar-refractivity contribution in [2.75, 3.05) is 24.6 Å². The number of halogens is 4. The molecule has 0 aliphatic carbocycles. The largest absolute Gasteiger partial charge is 0.573 e. The molecule has 3 heterocycles. The van der Waals surface area contributed by atoms with Crippen LogP contribution in [0.2, 0.25) is 5.02 Å². The molecule has 0 saturated carbocycles. The molecule has 1 saturated heterocycles. The highest BCUT2D eigenvalue weighted by atomic mass is 35.5. The highest BCUT2D eigenvalue weighted by Gasteiger charge is 2.31. The molecule has 3 aromatic rings. The fourth-order valence-electron chi connectivity index (χ4n) is 4.49. The highest BCUT2D eigenvalue weighted by molar-refractivity contribution is 6.33. The van der Waals surface area contributed by atoms with Gasteiger partial charge in [-0.2, -0.15) is 0 Å². The van der Waals surface area contributed by atoms with Gasteiger partial charge >= 0.3 is 18.2 Å². The van der Waals surface area contributed by atoms with Gasteiger partial charge in [0.15, 0.2) is 0 Å². The number of nitro groups is 1. The summed E-state index contributed by atoms with van der Waals surface area (Å²) < 4.78 is 60.0. The molecule has 14 heteroatoms. The first-order chi connectivity index (χ1) is 18.6. The van der Waals surface area contributed by atoms with Gasteiger partial charge in [0.2, 0.25) is 0 Å². The zero-order valence-electron chi connectivity index (χ0n) is 20.5. The minimum Gasteiger partial charge on any atom is -0.490 e. The fourth-order valence-corrected chi connectivity index (χ4v) is 4.78. The number of hydrogen-bond acceptors (Lipinski definition) is 8. The van der Waals surface area contributed by atoms with Crippen molar-refractivity contribution in [1.82, 2.24) is 9.55 Å². The summed E-state index contributed by atoms with van der Waals surface area (Å²) in [6.07, 6.45) is -1.72. The summed E-state index contributed by atoms with van der Waals surface area (Å²) in [5, 5.41) is 11.4. The van der Waals surface area contributed by atoms with Gasteiger partial charge in [0, 0.05) is 49.9 Å². The Labute approximate surface area is 225 Å². The molecule has 208 valence electrons. The Bertz CT molecular complexity index is 1310. The molecule has 10 nitrogen and oxygen atoms in total. The zero-order chi connectivity index (χ0) is 27.6. The standard InChI is InChI=1S/C25H24ClF3N4O6/c26-21-13-19(36-15-20-9-12-32-14-23(33(34)35)30-24(32)38-20)5-6-22(21)31-10-7-17(8-11-31)37-16-1-3-18(4-2-16)39-25(27,28)29/h1-6,13-14,17,20H,7-12,15H2.